The van der Waals surface area contributed by atoms with Gasteiger partial charge in [-0.3, -0.25) is 15.1 Å². The molecule has 1 aromatic carbocycles. The monoisotopic (exact) mass is 290 g/mol. The average Bonchev–Trinajstić information content (AvgIpc) is 2.41. The Morgan fingerprint density at radius 3 is 2.76 bits per heavy atom. The Morgan fingerprint density at radius 1 is 1.48 bits per heavy atom. The molecular weight excluding hydrogens is 271 g/mol. The SMILES string of the molecule is Cc1cc(C(=N)/C(C(N)=O)=C2/CN(C)CCN2)ccc1F. The first-order valence-corrected chi connectivity index (χ1v) is 6.71. The molecule has 6 heteroatoms. The molecule has 1 aliphatic rings. The van der Waals surface area contributed by atoms with Gasteiger partial charge < -0.3 is 11.1 Å². The lowest BCUT2D eigenvalue weighted by molar-refractivity contribution is -0.114. The summed E-state index contributed by atoms with van der Waals surface area (Å²) in [6.07, 6.45) is 0. The number of carbonyl (C=O) groups excluding carboxylic acids is 1. The minimum atomic E-state index is -0.653. The number of aryl methyl sites for hydroxylation is 1. The van der Waals surface area contributed by atoms with Gasteiger partial charge in [0.15, 0.2) is 0 Å². The largest absolute Gasteiger partial charge is 0.385 e. The smallest absolute Gasteiger partial charge is 0.252 e. The summed E-state index contributed by atoms with van der Waals surface area (Å²) in [6, 6.07) is 4.33. The van der Waals surface area contributed by atoms with E-state index in [0.29, 0.717) is 29.9 Å². The van der Waals surface area contributed by atoms with Crippen molar-refractivity contribution in [2.75, 3.05) is 26.7 Å². The van der Waals surface area contributed by atoms with Crippen LogP contribution >= 0.6 is 0 Å². The summed E-state index contributed by atoms with van der Waals surface area (Å²) in [5.74, 6) is -0.991. The molecule has 0 aliphatic carbocycles. The van der Waals surface area contributed by atoms with E-state index >= 15 is 0 Å². The second kappa shape index (κ2) is 6.05. The Morgan fingerprint density at radius 2 is 2.19 bits per heavy atom. The molecule has 2 rings (SSSR count). The normalized spacial score (nSPS) is 18.0. The minimum absolute atomic E-state index is 0.0170. The fourth-order valence-corrected chi connectivity index (χ4v) is 2.34. The lowest BCUT2D eigenvalue weighted by Gasteiger charge is -2.28. The van der Waals surface area contributed by atoms with Crippen LogP contribution in [0.25, 0.3) is 0 Å². The van der Waals surface area contributed by atoms with Gasteiger partial charge in [-0.1, -0.05) is 0 Å². The van der Waals surface area contributed by atoms with E-state index in [1.807, 2.05) is 11.9 Å². The molecule has 1 aromatic rings. The third-order valence-electron chi connectivity index (χ3n) is 3.50. The van der Waals surface area contributed by atoms with Crippen LogP contribution in [0.2, 0.25) is 0 Å². The molecule has 112 valence electrons. The molecule has 1 saturated heterocycles. The Hall–Kier alpha value is -2.21. The lowest BCUT2D eigenvalue weighted by atomic mass is 9.97. The van der Waals surface area contributed by atoms with Crippen molar-refractivity contribution in [1.82, 2.24) is 10.2 Å². The van der Waals surface area contributed by atoms with Gasteiger partial charge in [0, 0.05) is 30.9 Å². The Kier molecular flexibility index (Phi) is 4.37. The van der Waals surface area contributed by atoms with E-state index in [4.69, 9.17) is 11.1 Å². The first-order chi connectivity index (χ1) is 9.90. The van der Waals surface area contributed by atoms with Gasteiger partial charge in [-0.05, 0) is 37.7 Å². The van der Waals surface area contributed by atoms with Crippen molar-refractivity contribution < 1.29 is 9.18 Å². The number of piperazine rings is 1. The second-order valence-electron chi connectivity index (χ2n) is 5.22. The zero-order valence-electron chi connectivity index (χ0n) is 12.2. The van der Waals surface area contributed by atoms with E-state index in [-0.39, 0.29) is 17.1 Å². The first kappa shape index (κ1) is 15.2. The Labute approximate surface area is 123 Å². The molecule has 0 bridgehead atoms. The fraction of sp³-hybridized carbons (Fsp3) is 0.333. The molecule has 1 heterocycles. The number of nitrogens with two attached hydrogens (primary N) is 1. The number of carbonyl (C=O) groups is 1. The van der Waals surface area contributed by atoms with E-state index in [9.17, 15) is 9.18 Å². The fourth-order valence-electron chi connectivity index (χ4n) is 2.34. The van der Waals surface area contributed by atoms with Gasteiger partial charge in [-0.15, -0.1) is 0 Å². The maximum atomic E-state index is 13.3. The molecule has 0 spiro atoms. The number of rotatable bonds is 3. The third kappa shape index (κ3) is 3.28. The van der Waals surface area contributed by atoms with Crippen molar-refractivity contribution in [3.05, 3.63) is 46.4 Å². The van der Waals surface area contributed by atoms with Crippen molar-refractivity contribution in [2.45, 2.75) is 6.92 Å². The van der Waals surface area contributed by atoms with E-state index in [1.165, 1.54) is 12.1 Å². The average molecular weight is 290 g/mol. The number of primary amides is 1. The maximum absolute atomic E-state index is 13.3. The summed E-state index contributed by atoms with van der Waals surface area (Å²) >= 11 is 0. The van der Waals surface area contributed by atoms with Crippen LogP contribution in [-0.4, -0.2) is 43.2 Å². The highest BCUT2D eigenvalue weighted by molar-refractivity contribution is 6.27. The number of nitrogens with one attached hydrogen (secondary N) is 2. The van der Waals surface area contributed by atoms with E-state index in [1.54, 1.807) is 13.0 Å². The third-order valence-corrected chi connectivity index (χ3v) is 3.50. The van der Waals surface area contributed by atoms with Crippen LogP contribution in [0, 0.1) is 18.2 Å². The summed E-state index contributed by atoms with van der Waals surface area (Å²) < 4.78 is 13.3. The molecule has 0 radical (unpaired) electrons. The van der Waals surface area contributed by atoms with Crippen LogP contribution in [0.3, 0.4) is 0 Å². The second-order valence-corrected chi connectivity index (χ2v) is 5.22. The Balaban J connectivity index is 2.42. The van der Waals surface area contributed by atoms with Gasteiger partial charge in [0.25, 0.3) is 5.91 Å². The summed E-state index contributed by atoms with van der Waals surface area (Å²) in [7, 11) is 1.94. The highest BCUT2D eigenvalue weighted by Gasteiger charge is 2.22. The molecule has 1 amide bonds. The zero-order valence-corrected chi connectivity index (χ0v) is 12.2. The van der Waals surface area contributed by atoms with Crippen molar-refractivity contribution in [2.24, 2.45) is 5.73 Å². The van der Waals surface area contributed by atoms with Gasteiger partial charge in [-0.25, -0.2) is 4.39 Å². The number of nitrogens with zero attached hydrogens (tertiary/aromatic N) is 1. The summed E-state index contributed by atoms with van der Waals surface area (Å²) in [5, 5.41) is 11.4. The van der Waals surface area contributed by atoms with Crippen LogP contribution in [0.4, 0.5) is 4.39 Å². The summed E-state index contributed by atoms with van der Waals surface area (Å²) in [6.45, 7) is 3.70. The van der Waals surface area contributed by atoms with Crippen LogP contribution < -0.4 is 11.1 Å². The number of amides is 1. The maximum Gasteiger partial charge on any atom is 0.252 e. The van der Waals surface area contributed by atoms with E-state index in [0.717, 1.165) is 6.54 Å². The van der Waals surface area contributed by atoms with Crippen molar-refractivity contribution in [3.8, 4) is 0 Å². The van der Waals surface area contributed by atoms with Gasteiger partial charge >= 0.3 is 0 Å². The van der Waals surface area contributed by atoms with Gasteiger partial charge in [0.2, 0.25) is 0 Å². The molecule has 21 heavy (non-hydrogen) atoms. The molecule has 0 aromatic heterocycles. The number of hydrogen-bond donors (Lipinski definition) is 3. The predicted octanol–water partition coefficient (Wildman–Crippen LogP) is 0.776. The zero-order chi connectivity index (χ0) is 15.6. The van der Waals surface area contributed by atoms with Gasteiger partial charge in [-0.2, -0.15) is 0 Å². The molecule has 0 unspecified atom stereocenters. The lowest BCUT2D eigenvalue weighted by Crippen LogP contribution is -2.42. The van der Waals surface area contributed by atoms with Gasteiger partial charge in [0.1, 0.15) is 5.82 Å². The number of benzene rings is 1. The molecule has 1 aliphatic heterocycles. The van der Waals surface area contributed by atoms with Crippen molar-refractivity contribution in [3.63, 3.8) is 0 Å². The molecule has 4 N–H and O–H groups in total. The van der Waals surface area contributed by atoms with Crippen LogP contribution in [0.1, 0.15) is 11.1 Å². The van der Waals surface area contributed by atoms with E-state index < -0.39 is 5.91 Å². The quantitative estimate of drug-likeness (QED) is 0.568. The van der Waals surface area contributed by atoms with Crippen LogP contribution in [0.15, 0.2) is 29.5 Å². The van der Waals surface area contributed by atoms with Crippen molar-refractivity contribution >= 4 is 11.6 Å². The predicted molar refractivity (Wildman–Crippen MR) is 79.7 cm³/mol. The Bertz CT molecular complexity index is 624. The molecule has 1 fully saturated rings. The molecule has 0 saturated carbocycles. The molecular formula is C15H19FN4O. The molecule has 0 atom stereocenters. The van der Waals surface area contributed by atoms with Crippen LogP contribution in [-0.2, 0) is 4.79 Å². The number of likely N-dealkylation sites (N-methyl/N-ethyl adjacent to an activating group) is 1. The van der Waals surface area contributed by atoms with E-state index in [2.05, 4.69) is 5.32 Å². The highest BCUT2D eigenvalue weighted by Crippen LogP contribution is 2.16. The number of hydrogen-bond acceptors (Lipinski definition) is 4. The summed E-state index contributed by atoms with van der Waals surface area (Å²) in [4.78, 5) is 13.8. The number of halogens is 1. The van der Waals surface area contributed by atoms with Gasteiger partial charge in [0.05, 0.1) is 11.3 Å². The topological polar surface area (TPSA) is 82.2 Å². The first-order valence-electron chi connectivity index (χ1n) is 6.71. The minimum Gasteiger partial charge on any atom is -0.385 e. The highest BCUT2D eigenvalue weighted by atomic mass is 19.1. The summed E-state index contributed by atoms with van der Waals surface area (Å²) in [5.41, 5.74) is 7.18. The molecule has 5 nitrogen and oxygen atoms in total. The standard InChI is InChI=1S/C15H19FN4O/c1-9-7-10(3-4-11(9)16)14(17)13(15(18)21)12-8-20(2)6-5-19-12/h3-4,7,17,19H,5-6,8H2,1-2H3,(H2,18,21)/b13-12+,17-14?. The van der Waals surface area contributed by atoms with Crippen LogP contribution in [0.5, 0.6) is 0 Å². The van der Waals surface area contributed by atoms with Crippen molar-refractivity contribution in [1.29, 1.82) is 5.41 Å².